The fraction of sp³-hybridized carbons (Fsp3) is 0.292. The number of fused-ring (bicyclic) bond motifs is 1. The van der Waals surface area contributed by atoms with Gasteiger partial charge in [0, 0.05) is 48.5 Å². The third-order valence-corrected chi connectivity index (χ3v) is 6.22. The molecule has 33 heavy (non-hydrogen) atoms. The quantitative estimate of drug-likeness (QED) is 0.587. The molecule has 1 aromatic heterocycles. The van der Waals surface area contributed by atoms with E-state index in [1.165, 1.54) is 10.7 Å². The standard InChI is InChI=1S/C24H23ClN4O4/c1-16(24(31)28-11-9-27(10-12-28)19-4-2-3-18(25)14-19)29-23(30)8-6-20(26-29)17-5-7-21-22(13-17)33-15-32-21/h2-8,13-14,16H,9-12,15H2,1H3. The van der Waals surface area contributed by atoms with Crippen molar-refractivity contribution in [3.8, 4) is 22.8 Å². The van der Waals surface area contributed by atoms with Crippen molar-refractivity contribution in [2.24, 2.45) is 0 Å². The van der Waals surface area contributed by atoms with E-state index in [0.29, 0.717) is 48.4 Å². The lowest BCUT2D eigenvalue weighted by Crippen LogP contribution is -2.51. The molecule has 9 heteroatoms. The number of carbonyl (C=O) groups is 1. The Kier molecular flexibility index (Phi) is 5.68. The van der Waals surface area contributed by atoms with Gasteiger partial charge < -0.3 is 19.3 Å². The molecule has 0 spiro atoms. The molecule has 170 valence electrons. The molecule has 5 rings (SSSR count). The van der Waals surface area contributed by atoms with E-state index in [4.69, 9.17) is 21.1 Å². The monoisotopic (exact) mass is 466 g/mol. The Bertz CT molecular complexity index is 1250. The average molecular weight is 467 g/mol. The summed E-state index contributed by atoms with van der Waals surface area (Å²) in [7, 11) is 0. The molecule has 1 fully saturated rings. The van der Waals surface area contributed by atoms with Crippen LogP contribution < -0.4 is 19.9 Å². The molecule has 1 atom stereocenters. The van der Waals surface area contributed by atoms with Crippen LogP contribution in [0.1, 0.15) is 13.0 Å². The fourth-order valence-electron chi connectivity index (χ4n) is 4.14. The maximum atomic E-state index is 13.2. The van der Waals surface area contributed by atoms with Crippen molar-refractivity contribution >= 4 is 23.2 Å². The summed E-state index contributed by atoms with van der Waals surface area (Å²) in [5, 5.41) is 5.18. The first-order valence-electron chi connectivity index (χ1n) is 10.8. The van der Waals surface area contributed by atoms with Crippen molar-refractivity contribution in [3.05, 3.63) is 70.0 Å². The van der Waals surface area contributed by atoms with Crippen LogP contribution in [-0.4, -0.2) is 53.6 Å². The van der Waals surface area contributed by atoms with Crippen molar-refractivity contribution < 1.29 is 14.3 Å². The van der Waals surface area contributed by atoms with Crippen molar-refractivity contribution in [1.29, 1.82) is 0 Å². The second-order valence-corrected chi connectivity index (χ2v) is 8.47. The Morgan fingerprint density at radius 1 is 1.00 bits per heavy atom. The summed E-state index contributed by atoms with van der Waals surface area (Å²) in [6.45, 7) is 4.40. The Morgan fingerprint density at radius 2 is 1.79 bits per heavy atom. The molecular formula is C24H23ClN4O4. The van der Waals surface area contributed by atoms with Crippen LogP contribution in [0.2, 0.25) is 5.02 Å². The zero-order valence-corrected chi connectivity index (χ0v) is 18.9. The van der Waals surface area contributed by atoms with Gasteiger partial charge in [-0.05, 0) is 49.4 Å². The number of benzene rings is 2. The number of ether oxygens (including phenoxy) is 2. The molecule has 0 saturated carbocycles. The predicted molar refractivity (Wildman–Crippen MR) is 125 cm³/mol. The van der Waals surface area contributed by atoms with Crippen LogP contribution >= 0.6 is 11.6 Å². The van der Waals surface area contributed by atoms with Crippen molar-refractivity contribution in [2.45, 2.75) is 13.0 Å². The summed E-state index contributed by atoms with van der Waals surface area (Å²) < 4.78 is 12.0. The minimum Gasteiger partial charge on any atom is -0.454 e. The molecule has 2 aliphatic rings. The minimum absolute atomic E-state index is 0.127. The third kappa shape index (κ3) is 4.26. The number of piperazine rings is 1. The van der Waals surface area contributed by atoms with Gasteiger partial charge >= 0.3 is 0 Å². The maximum Gasteiger partial charge on any atom is 0.267 e. The summed E-state index contributed by atoms with van der Waals surface area (Å²) in [5.74, 6) is 1.18. The highest BCUT2D eigenvalue weighted by atomic mass is 35.5. The summed E-state index contributed by atoms with van der Waals surface area (Å²) in [6.07, 6.45) is 0. The first-order chi connectivity index (χ1) is 16.0. The van der Waals surface area contributed by atoms with E-state index in [9.17, 15) is 9.59 Å². The van der Waals surface area contributed by atoms with E-state index < -0.39 is 6.04 Å². The lowest BCUT2D eigenvalue weighted by atomic mass is 10.1. The zero-order chi connectivity index (χ0) is 22.9. The topological polar surface area (TPSA) is 76.9 Å². The fourth-order valence-corrected chi connectivity index (χ4v) is 4.32. The predicted octanol–water partition coefficient (Wildman–Crippen LogP) is 3.20. The van der Waals surface area contributed by atoms with Gasteiger partial charge in [-0.3, -0.25) is 9.59 Å². The van der Waals surface area contributed by atoms with E-state index in [-0.39, 0.29) is 18.3 Å². The van der Waals surface area contributed by atoms with Gasteiger partial charge in [-0.1, -0.05) is 17.7 Å². The second-order valence-electron chi connectivity index (χ2n) is 8.04. The Hall–Kier alpha value is -3.52. The maximum absolute atomic E-state index is 13.2. The zero-order valence-electron chi connectivity index (χ0n) is 18.1. The van der Waals surface area contributed by atoms with Gasteiger partial charge in [0.25, 0.3) is 5.56 Å². The number of carbonyl (C=O) groups excluding carboxylic acids is 1. The van der Waals surface area contributed by atoms with Crippen molar-refractivity contribution in [1.82, 2.24) is 14.7 Å². The van der Waals surface area contributed by atoms with E-state index in [1.807, 2.05) is 42.5 Å². The van der Waals surface area contributed by atoms with Crippen molar-refractivity contribution in [3.63, 3.8) is 0 Å². The van der Waals surface area contributed by atoms with Gasteiger partial charge in [0.2, 0.25) is 12.7 Å². The van der Waals surface area contributed by atoms with Gasteiger partial charge in [-0.15, -0.1) is 0 Å². The first kappa shape index (κ1) is 21.3. The third-order valence-electron chi connectivity index (χ3n) is 5.98. The number of aromatic nitrogens is 2. The number of rotatable bonds is 4. The smallest absolute Gasteiger partial charge is 0.267 e. The summed E-state index contributed by atoms with van der Waals surface area (Å²) >= 11 is 6.11. The van der Waals surface area contributed by atoms with E-state index in [1.54, 1.807) is 17.9 Å². The van der Waals surface area contributed by atoms with Gasteiger partial charge in [-0.25, -0.2) is 4.68 Å². The van der Waals surface area contributed by atoms with E-state index in [0.717, 1.165) is 11.3 Å². The SMILES string of the molecule is CC(C(=O)N1CCN(c2cccc(Cl)c2)CC1)n1nc(-c2ccc3c(c2)OCO3)ccc1=O. The molecule has 0 aliphatic carbocycles. The van der Waals surface area contributed by atoms with Crippen LogP contribution in [0.3, 0.4) is 0 Å². The molecule has 1 unspecified atom stereocenters. The van der Waals surface area contributed by atoms with Crippen LogP contribution in [-0.2, 0) is 4.79 Å². The Balaban J connectivity index is 1.31. The van der Waals surface area contributed by atoms with E-state index >= 15 is 0 Å². The number of amides is 1. The van der Waals surface area contributed by atoms with Crippen LogP contribution in [0.4, 0.5) is 5.69 Å². The Labute approximate surface area is 195 Å². The average Bonchev–Trinajstić information content (AvgIpc) is 3.31. The lowest BCUT2D eigenvalue weighted by Gasteiger charge is -2.37. The molecule has 2 aliphatic heterocycles. The molecule has 1 saturated heterocycles. The summed E-state index contributed by atoms with van der Waals surface area (Å²) in [4.78, 5) is 29.7. The normalized spacial score (nSPS) is 16.1. The lowest BCUT2D eigenvalue weighted by molar-refractivity contribution is -0.135. The molecule has 3 heterocycles. The number of nitrogens with zero attached hydrogens (tertiary/aromatic N) is 4. The van der Waals surface area contributed by atoms with Crippen molar-refractivity contribution in [2.75, 3.05) is 37.9 Å². The molecule has 8 nitrogen and oxygen atoms in total. The number of anilines is 1. The second kappa shape index (κ2) is 8.78. The van der Waals surface area contributed by atoms with Crippen LogP contribution in [0, 0.1) is 0 Å². The molecule has 0 bridgehead atoms. The van der Waals surface area contributed by atoms with Crippen LogP contribution in [0.5, 0.6) is 11.5 Å². The molecule has 0 radical (unpaired) electrons. The highest BCUT2D eigenvalue weighted by molar-refractivity contribution is 6.30. The first-order valence-corrected chi connectivity index (χ1v) is 11.2. The summed E-state index contributed by atoms with van der Waals surface area (Å²) in [6, 6.07) is 15.5. The minimum atomic E-state index is -0.718. The largest absolute Gasteiger partial charge is 0.454 e. The molecule has 1 amide bonds. The highest BCUT2D eigenvalue weighted by Crippen LogP contribution is 2.35. The van der Waals surface area contributed by atoms with Crippen LogP contribution in [0.25, 0.3) is 11.3 Å². The van der Waals surface area contributed by atoms with Crippen LogP contribution in [0.15, 0.2) is 59.4 Å². The Morgan fingerprint density at radius 3 is 2.58 bits per heavy atom. The van der Waals surface area contributed by atoms with Gasteiger partial charge in [0.1, 0.15) is 6.04 Å². The van der Waals surface area contributed by atoms with Gasteiger partial charge in [-0.2, -0.15) is 5.10 Å². The van der Waals surface area contributed by atoms with Gasteiger partial charge in [0.15, 0.2) is 11.5 Å². The van der Waals surface area contributed by atoms with E-state index in [2.05, 4.69) is 10.00 Å². The number of hydrogen-bond donors (Lipinski definition) is 0. The molecular weight excluding hydrogens is 444 g/mol. The number of halogens is 1. The number of hydrogen-bond acceptors (Lipinski definition) is 6. The molecule has 3 aromatic rings. The molecule has 2 aromatic carbocycles. The van der Waals surface area contributed by atoms with Gasteiger partial charge in [0.05, 0.1) is 5.69 Å². The molecule has 0 N–H and O–H groups in total. The highest BCUT2D eigenvalue weighted by Gasteiger charge is 2.27. The summed E-state index contributed by atoms with van der Waals surface area (Å²) in [5.41, 5.74) is 2.08.